The lowest BCUT2D eigenvalue weighted by molar-refractivity contribution is 0.106. The molecule has 4 heteroatoms. The topological polar surface area (TPSA) is 35.5 Å². The fourth-order valence-corrected chi connectivity index (χ4v) is 2.99. The molecule has 3 nitrogen and oxygen atoms in total. The number of likely N-dealkylation sites (N-methyl/N-ethyl adjacent to an activating group) is 1. The van der Waals surface area contributed by atoms with E-state index in [0.29, 0.717) is 18.3 Å². The van der Waals surface area contributed by atoms with Crippen molar-refractivity contribution in [3.05, 3.63) is 29.6 Å². The lowest BCUT2D eigenvalue weighted by atomic mass is 9.91. The first kappa shape index (κ1) is 16.2. The van der Waals surface area contributed by atoms with Gasteiger partial charge in [0.25, 0.3) is 0 Å². The fraction of sp³-hybridized carbons (Fsp3) is 0.647. The molecule has 1 aliphatic carbocycles. The maximum Gasteiger partial charge on any atom is 0.146 e. The van der Waals surface area contributed by atoms with E-state index in [-0.39, 0.29) is 18.0 Å². The van der Waals surface area contributed by atoms with E-state index < -0.39 is 0 Å². The lowest BCUT2D eigenvalue weighted by Gasteiger charge is -2.36. The summed E-state index contributed by atoms with van der Waals surface area (Å²) in [4.78, 5) is 1.90. The predicted octanol–water partition coefficient (Wildman–Crippen LogP) is 3.06. The van der Waals surface area contributed by atoms with Crippen LogP contribution in [0.3, 0.4) is 0 Å². The zero-order chi connectivity index (χ0) is 15.4. The predicted molar refractivity (Wildman–Crippen MR) is 85.0 cm³/mol. The van der Waals surface area contributed by atoms with Crippen molar-refractivity contribution in [2.75, 3.05) is 11.9 Å². The summed E-state index contributed by atoms with van der Waals surface area (Å²) in [5.41, 5.74) is 1.52. The van der Waals surface area contributed by atoms with Crippen LogP contribution in [-0.4, -0.2) is 30.3 Å². The summed E-state index contributed by atoms with van der Waals surface area (Å²) in [5, 5.41) is 13.4. The summed E-state index contributed by atoms with van der Waals surface area (Å²) in [6.07, 6.45) is 3.55. The van der Waals surface area contributed by atoms with Gasteiger partial charge in [-0.05, 0) is 30.5 Å². The summed E-state index contributed by atoms with van der Waals surface area (Å²) >= 11 is 0. The van der Waals surface area contributed by atoms with Gasteiger partial charge in [-0.3, -0.25) is 0 Å². The number of halogens is 1. The largest absolute Gasteiger partial charge is 0.391 e. The average molecular weight is 294 g/mol. The first-order valence-corrected chi connectivity index (χ1v) is 7.91. The van der Waals surface area contributed by atoms with E-state index >= 15 is 0 Å². The lowest BCUT2D eigenvalue weighted by Crippen LogP contribution is -2.43. The first-order chi connectivity index (χ1) is 9.99. The zero-order valence-corrected chi connectivity index (χ0v) is 13.3. The molecule has 0 heterocycles. The number of hydrogen-bond acceptors (Lipinski definition) is 3. The molecule has 1 saturated carbocycles. The summed E-state index contributed by atoms with van der Waals surface area (Å²) in [5.74, 6) is -0.210. The van der Waals surface area contributed by atoms with Crippen molar-refractivity contribution in [3.8, 4) is 0 Å². The average Bonchev–Trinajstić information content (AvgIpc) is 2.45. The molecular weight excluding hydrogens is 267 g/mol. The smallest absolute Gasteiger partial charge is 0.146 e. The Balaban J connectivity index is 2.08. The van der Waals surface area contributed by atoms with Gasteiger partial charge in [-0.25, -0.2) is 4.39 Å². The van der Waals surface area contributed by atoms with Crippen LogP contribution in [0.1, 0.15) is 45.1 Å². The number of anilines is 1. The van der Waals surface area contributed by atoms with Gasteiger partial charge in [0.1, 0.15) is 5.82 Å². The number of aliphatic hydroxyl groups excluding tert-OH is 1. The van der Waals surface area contributed by atoms with Crippen LogP contribution in [0.2, 0.25) is 0 Å². The van der Waals surface area contributed by atoms with E-state index in [1.165, 1.54) is 0 Å². The van der Waals surface area contributed by atoms with Gasteiger partial charge in [0.05, 0.1) is 17.8 Å². The van der Waals surface area contributed by atoms with Gasteiger partial charge in [0.15, 0.2) is 0 Å². The van der Waals surface area contributed by atoms with E-state index in [2.05, 4.69) is 19.2 Å². The summed E-state index contributed by atoms with van der Waals surface area (Å²) in [7, 11) is 1.88. The van der Waals surface area contributed by atoms with Gasteiger partial charge >= 0.3 is 0 Å². The van der Waals surface area contributed by atoms with Crippen molar-refractivity contribution < 1.29 is 9.50 Å². The Morgan fingerprint density at radius 1 is 1.33 bits per heavy atom. The SMILES string of the molecule is CC(C)NCc1ccc(N(C)C2CCCCC2O)c(F)c1. The number of nitrogens with one attached hydrogen (secondary N) is 1. The molecular formula is C17H27FN2O. The van der Waals surface area contributed by atoms with Crippen LogP contribution in [0.5, 0.6) is 0 Å². The number of aliphatic hydroxyl groups is 1. The van der Waals surface area contributed by atoms with Gasteiger partial charge in [0.2, 0.25) is 0 Å². The van der Waals surface area contributed by atoms with Gasteiger partial charge in [0, 0.05) is 19.6 Å². The number of benzene rings is 1. The third-order valence-corrected chi connectivity index (χ3v) is 4.30. The Bertz CT molecular complexity index is 464. The van der Waals surface area contributed by atoms with E-state index in [4.69, 9.17) is 0 Å². The van der Waals surface area contributed by atoms with Crippen molar-refractivity contribution in [1.29, 1.82) is 0 Å². The monoisotopic (exact) mass is 294 g/mol. The molecule has 0 amide bonds. The van der Waals surface area contributed by atoms with Crippen LogP contribution in [0, 0.1) is 5.82 Å². The van der Waals surface area contributed by atoms with Crippen molar-refractivity contribution in [1.82, 2.24) is 5.32 Å². The molecule has 2 unspecified atom stereocenters. The zero-order valence-electron chi connectivity index (χ0n) is 13.3. The quantitative estimate of drug-likeness (QED) is 0.876. The van der Waals surface area contributed by atoms with Crippen molar-refractivity contribution in [2.45, 2.75) is 64.3 Å². The standard InChI is InChI=1S/C17H27FN2O/c1-12(2)19-11-13-8-9-15(14(18)10-13)20(3)16-6-4-5-7-17(16)21/h8-10,12,16-17,19,21H,4-7,11H2,1-3H3. The normalized spacial score (nSPS) is 22.6. The second-order valence-electron chi connectivity index (χ2n) is 6.35. The third kappa shape index (κ3) is 4.17. The minimum absolute atomic E-state index is 0.0212. The second-order valence-corrected chi connectivity index (χ2v) is 6.35. The Kier molecular flexibility index (Phi) is 5.59. The van der Waals surface area contributed by atoms with Gasteiger partial charge in [-0.1, -0.05) is 32.8 Å². The number of nitrogens with zero attached hydrogens (tertiary/aromatic N) is 1. The molecule has 1 fully saturated rings. The fourth-order valence-electron chi connectivity index (χ4n) is 2.99. The highest BCUT2D eigenvalue weighted by Crippen LogP contribution is 2.28. The maximum atomic E-state index is 14.4. The van der Waals surface area contributed by atoms with Crippen LogP contribution in [-0.2, 0) is 6.54 Å². The minimum atomic E-state index is -0.356. The molecule has 1 aromatic rings. The van der Waals surface area contributed by atoms with E-state index in [9.17, 15) is 9.50 Å². The molecule has 0 radical (unpaired) electrons. The Labute approximate surface area is 127 Å². The highest BCUT2D eigenvalue weighted by molar-refractivity contribution is 5.49. The molecule has 1 aliphatic rings. The number of hydrogen-bond donors (Lipinski definition) is 2. The molecule has 0 spiro atoms. The van der Waals surface area contributed by atoms with Crippen molar-refractivity contribution in [2.24, 2.45) is 0 Å². The minimum Gasteiger partial charge on any atom is -0.391 e. The molecule has 0 aromatic heterocycles. The van der Waals surface area contributed by atoms with E-state index in [0.717, 1.165) is 31.2 Å². The Morgan fingerprint density at radius 3 is 2.67 bits per heavy atom. The van der Waals surface area contributed by atoms with Crippen LogP contribution in [0.4, 0.5) is 10.1 Å². The molecule has 118 valence electrons. The molecule has 21 heavy (non-hydrogen) atoms. The first-order valence-electron chi connectivity index (χ1n) is 7.91. The molecule has 2 atom stereocenters. The van der Waals surface area contributed by atoms with Crippen molar-refractivity contribution in [3.63, 3.8) is 0 Å². The summed E-state index contributed by atoms with van der Waals surface area (Å²) in [6, 6.07) is 5.78. The molecule has 2 N–H and O–H groups in total. The van der Waals surface area contributed by atoms with Crippen LogP contribution < -0.4 is 10.2 Å². The molecule has 0 bridgehead atoms. The van der Waals surface area contributed by atoms with E-state index in [1.807, 2.05) is 24.1 Å². The van der Waals surface area contributed by atoms with Crippen LogP contribution in [0.25, 0.3) is 0 Å². The molecule has 0 saturated heterocycles. The van der Waals surface area contributed by atoms with E-state index in [1.54, 1.807) is 6.07 Å². The van der Waals surface area contributed by atoms with Gasteiger partial charge < -0.3 is 15.3 Å². The molecule has 1 aromatic carbocycles. The maximum absolute atomic E-state index is 14.4. The Morgan fingerprint density at radius 2 is 2.05 bits per heavy atom. The molecule has 2 rings (SSSR count). The van der Waals surface area contributed by atoms with Crippen LogP contribution in [0.15, 0.2) is 18.2 Å². The highest BCUT2D eigenvalue weighted by Gasteiger charge is 2.27. The summed E-state index contributed by atoms with van der Waals surface area (Å²) < 4.78 is 14.4. The third-order valence-electron chi connectivity index (χ3n) is 4.30. The number of rotatable bonds is 5. The highest BCUT2D eigenvalue weighted by atomic mass is 19.1. The second kappa shape index (κ2) is 7.23. The molecule has 0 aliphatic heterocycles. The van der Waals surface area contributed by atoms with Gasteiger partial charge in [-0.2, -0.15) is 0 Å². The Hall–Kier alpha value is -1.13. The van der Waals surface area contributed by atoms with Crippen molar-refractivity contribution >= 4 is 5.69 Å². The van der Waals surface area contributed by atoms with Crippen LogP contribution >= 0.6 is 0 Å². The van der Waals surface area contributed by atoms with Gasteiger partial charge in [-0.15, -0.1) is 0 Å². The summed E-state index contributed by atoms with van der Waals surface area (Å²) in [6.45, 7) is 4.82.